The zero-order valence-electron chi connectivity index (χ0n) is 21.0. The van der Waals surface area contributed by atoms with Gasteiger partial charge in [-0.3, -0.25) is 0 Å². The van der Waals surface area contributed by atoms with Crippen molar-refractivity contribution in [1.82, 2.24) is 0 Å². The summed E-state index contributed by atoms with van der Waals surface area (Å²) in [7, 11) is 3.18. The molecule has 0 spiro atoms. The Labute approximate surface area is 224 Å². The molecule has 192 valence electrons. The summed E-state index contributed by atoms with van der Waals surface area (Å²) in [4.78, 5) is 15.8. The Morgan fingerprint density at radius 1 is 0.872 bits per heavy atom. The van der Waals surface area contributed by atoms with Crippen molar-refractivity contribution < 1.29 is 28.2 Å². The van der Waals surface area contributed by atoms with Gasteiger partial charge in [0.1, 0.15) is 40.4 Å². The maximum Gasteiger partial charge on any atom is 0.335 e. The second kappa shape index (κ2) is 10.8. The van der Waals surface area contributed by atoms with Crippen LogP contribution in [0.25, 0.3) is 33.8 Å². The number of carboxylic acids is 1. The summed E-state index contributed by atoms with van der Waals surface area (Å²) in [5.41, 5.74) is 3.16. The van der Waals surface area contributed by atoms with E-state index >= 15 is 0 Å². The van der Waals surface area contributed by atoms with Gasteiger partial charge in [0.2, 0.25) is 5.88 Å². The molecule has 0 saturated heterocycles. The van der Waals surface area contributed by atoms with E-state index in [9.17, 15) is 15.2 Å². The number of furan rings is 2. The zero-order valence-corrected chi connectivity index (χ0v) is 21.0. The molecule has 3 aromatic carbocycles. The molecule has 0 bridgehead atoms. The van der Waals surface area contributed by atoms with Crippen molar-refractivity contribution >= 4 is 18.1 Å². The Hall–Kier alpha value is -5.55. The van der Waals surface area contributed by atoms with Gasteiger partial charge in [-0.05, 0) is 66.2 Å². The summed E-state index contributed by atoms with van der Waals surface area (Å²) in [5.74, 6) is 1.86. The van der Waals surface area contributed by atoms with Crippen LogP contribution >= 0.6 is 0 Å². The van der Waals surface area contributed by atoms with Crippen molar-refractivity contribution in [2.24, 2.45) is 4.99 Å². The van der Waals surface area contributed by atoms with Gasteiger partial charge in [-0.2, -0.15) is 5.26 Å². The lowest BCUT2D eigenvalue weighted by Gasteiger charge is -2.06. The van der Waals surface area contributed by atoms with Crippen LogP contribution in [0.1, 0.15) is 21.7 Å². The Morgan fingerprint density at radius 2 is 1.54 bits per heavy atom. The highest BCUT2D eigenvalue weighted by atomic mass is 16.5. The number of hydrogen-bond donors (Lipinski definition) is 1. The zero-order chi connectivity index (χ0) is 27.4. The minimum Gasteiger partial charge on any atom is -0.497 e. The Morgan fingerprint density at radius 3 is 2.15 bits per heavy atom. The molecular formula is C31H22N2O6. The third kappa shape index (κ3) is 5.15. The largest absolute Gasteiger partial charge is 0.497 e. The van der Waals surface area contributed by atoms with Gasteiger partial charge in [0.15, 0.2) is 0 Å². The van der Waals surface area contributed by atoms with Gasteiger partial charge < -0.3 is 23.4 Å². The maximum atomic E-state index is 11.3. The topological polar surface area (TPSA) is 118 Å². The van der Waals surface area contributed by atoms with E-state index in [2.05, 4.69) is 11.1 Å². The van der Waals surface area contributed by atoms with E-state index in [-0.39, 0.29) is 17.0 Å². The highest BCUT2D eigenvalue weighted by Gasteiger charge is 2.23. The molecule has 0 radical (unpaired) electrons. The number of carbonyl (C=O) groups is 1. The number of nitriles is 1. The first-order chi connectivity index (χ1) is 19.0. The average molecular weight is 519 g/mol. The van der Waals surface area contributed by atoms with Crippen LogP contribution in [-0.2, 0) is 0 Å². The molecular weight excluding hydrogens is 496 g/mol. The van der Waals surface area contributed by atoms with Crippen LogP contribution in [0.4, 0.5) is 5.88 Å². The molecule has 0 aliphatic rings. The lowest BCUT2D eigenvalue weighted by molar-refractivity contribution is 0.0697. The molecule has 0 fully saturated rings. The fourth-order valence-corrected chi connectivity index (χ4v) is 4.10. The number of hydrogen-bond acceptors (Lipinski definition) is 7. The van der Waals surface area contributed by atoms with Crippen molar-refractivity contribution in [3.63, 3.8) is 0 Å². The second-order valence-corrected chi connectivity index (χ2v) is 8.40. The van der Waals surface area contributed by atoms with Crippen LogP contribution in [0.3, 0.4) is 0 Å². The third-order valence-corrected chi connectivity index (χ3v) is 6.06. The lowest BCUT2D eigenvalue weighted by Crippen LogP contribution is -1.95. The monoisotopic (exact) mass is 518 g/mol. The van der Waals surface area contributed by atoms with E-state index in [0.29, 0.717) is 39.9 Å². The smallest absolute Gasteiger partial charge is 0.335 e. The quantitative estimate of drug-likeness (QED) is 0.216. The van der Waals surface area contributed by atoms with Gasteiger partial charge in [-0.1, -0.05) is 24.3 Å². The summed E-state index contributed by atoms with van der Waals surface area (Å²) in [6.07, 6.45) is 1.46. The first-order valence-electron chi connectivity index (χ1n) is 11.8. The number of rotatable bonds is 8. The summed E-state index contributed by atoms with van der Waals surface area (Å²) < 4.78 is 22.6. The summed E-state index contributed by atoms with van der Waals surface area (Å²) in [6.45, 7) is 0. The molecule has 1 N–H and O–H groups in total. The molecule has 0 aliphatic heterocycles. The number of aromatic carboxylic acids is 1. The molecule has 0 saturated carbocycles. The number of ether oxygens (including phenoxy) is 2. The van der Waals surface area contributed by atoms with Gasteiger partial charge in [0.05, 0.1) is 26.0 Å². The number of carboxylic acid groups (broad SMARTS) is 1. The van der Waals surface area contributed by atoms with E-state index in [1.807, 2.05) is 48.5 Å². The first-order valence-corrected chi connectivity index (χ1v) is 11.8. The van der Waals surface area contributed by atoms with Crippen molar-refractivity contribution in [3.05, 3.63) is 102 Å². The molecule has 0 amide bonds. The maximum absolute atomic E-state index is 11.3. The first kappa shape index (κ1) is 25.1. The minimum absolute atomic E-state index is 0.125. The van der Waals surface area contributed by atoms with E-state index in [0.717, 1.165) is 11.1 Å². The molecule has 0 aliphatic carbocycles. The predicted molar refractivity (Wildman–Crippen MR) is 146 cm³/mol. The van der Waals surface area contributed by atoms with Crippen LogP contribution in [0.5, 0.6) is 11.5 Å². The van der Waals surface area contributed by atoms with Gasteiger partial charge in [-0.25, -0.2) is 9.79 Å². The van der Waals surface area contributed by atoms with E-state index in [4.69, 9.17) is 18.3 Å². The molecule has 0 unspecified atom stereocenters. The summed E-state index contributed by atoms with van der Waals surface area (Å²) >= 11 is 0. The second-order valence-electron chi connectivity index (χ2n) is 8.40. The van der Waals surface area contributed by atoms with Gasteiger partial charge >= 0.3 is 5.97 Å². The Kier molecular flexibility index (Phi) is 6.97. The van der Waals surface area contributed by atoms with Crippen LogP contribution in [0.15, 0.2) is 98.8 Å². The van der Waals surface area contributed by atoms with E-state index in [1.165, 1.54) is 18.3 Å². The molecule has 2 heterocycles. The Bertz CT molecular complexity index is 1700. The molecule has 39 heavy (non-hydrogen) atoms. The molecule has 8 heteroatoms. The molecule has 8 nitrogen and oxygen atoms in total. The summed E-state index contributed by atoms with van der Waals surface area (Å²) in [6, 6.07) is 26.8. The normalized spacial score (nSPS) is 10.9. The van der Waals surface area contributed by atoms with Crippen LogP contribution < -0.4 is 9.47 Å². The number of benzene rings is 3. The van der Waals surface area contributed by atoms with Crippen molar-refractivity contribution in [2.75, 3.05) is 14.2 Å². The summed E-state index contributed by atoms with van der Waals surface area (Å²) in [5, 5.41) is 19.4. The van der Waals surface area contributed by atoms with Crippen LogP contribution in [0, 0.1) is 11.3 Å². The van der Waals surface area contributed by atoms with Gasteiger partial charge in [0.25, 0.3) is 0 Å². The fraction of sp³-hybridized carbons (Fsp3) is 0.0645. The molecule has 2 aromatic heterocycles. The predicted octanol–water partition coefficient (Wildman–Crippen LogP) is 7.21. The molecule has 5 rings (SSSR count). The van der Waals surface area contributed by atoms with Gasteiger partial charge in [-0.15, -0.1) is 0 Å². The van der Waals surface area contributed by atoms with E-state index in [1.54, 1.807) is 38.5 Å². The minimum atomic E-state index is -1.02. The van der Waals surface area contributed by atoms with Crippen molar-refractivity contribution in [2.45, 2.75) is 0 Å². The van der Waals surface area contributed by atoms with E-state index < -0.39 is 5.97 Å². The highest BCUT2D eigenvalue weighted by Crippen LogP contribution is 2.43. The van der Waals surface area contributed by atoms with Crippen molar-refractivity contribution in [1.29, 1.82) is 5.26 Å². The SMILES string of the molecule is COc1ccc(-c2oc(/N=C/c3ccc(-c4cccc(C(=O)O)c4)o3)c(C#N)c2-c2ccc(OC)cc2)cc1. The average Bonchev–Trinajstić information content (AvgIpc) is 3.61. The number of methoxy groups -OCH3 is 2. The lowest BCUT2D eigenvalue weighted by atomic mass is 9.98. The highest BCUT2D eigenvalue weighted by molar-refractivity contribution is 5.90. The van der Waals surface area contributed by atoms with Gasteiger partial charge in [0, 0.05) is 16.7 Å². The molecule has 5 aromatic rings. The van der Waals surface area contributed by atoms with Crippen LogP contribution in [0.2, 0.25) is 0 Å². The molecule has 0 atom stereocenters. The Balaban J connectivity index is 1.55. The third-order valence-electron chi connectivity index (χ3n) is 6.06. The number of aliphatic imine (C=N–C) groups is 1. The number of nitrogens with zero attached hydrogens (tertiary/aromatic N) is 2. The fourth-order valence-electron chi connectivity index (χ4n) is 4.10. The van der Waals surface area contributed by atoms with Crippen molar-refractivity contribution in [3.8, 4) is 51.3 Å². The standard InChI is InChI=1S/C31H22N2O6/c1-36-23-10-6-19(7-11-23)28-26(17-32)30(39-29(28)20-8-12-24(37-2)13-9-20)33-18-25-14-15-27(38-25)21-4-3-5-22(16-21)31(34)35/h3-16,18H,1-2H3,(H,34,35)/b33-18+. The van der Waals surface area contributed by atoms with Crippen LogP contribution in [-0.4, -0.2) is 31.5 Å².